The van der Waals surface area contributed by atoms with Crippen molar-refractivity contribution in [3.8, 4) is 11.5 Å². The summed E-state index contributed by atoms with van der Waals surface area (Å²) in [4.78, 5) is 38.1. The summed E-state index contributed by atoms with van der Waals surface area (Å²) in [5, 5.41) is 2.27. The fraction of sp³-hybridized carbons (Fsp3) is 0.500. The molecule has 1 N–H and O–H groups in total. The molecule has 0 bridgehead atoms. The summed E-state index contributed by atoms with van der Waals surface area (Å²) >= 11 is 0. The molecule has 7 heteroatoms. The summed E-state index contributed by atoms with van der Waals surface area (Å²) in [6.45, 7) is 3.81. The van der Waals surface area contributed by atoms with Gasteiger partial charge in [0.1, 0.15) is 6.04 Å². The average molecular weight is 346 g/mol. The van der Waals surface area contributed by atoms with Crippen molar-refractivity contribution in [1.82, 2.24) is 10.2 Å². The molecule has 25 heavy (non-hydrogen) atoms. The van der Waals surface area contributed by atoms with Crippen molar-refractivity contribution in [2.24, 2.45) is 0 Å². The van der Waals surface area contributed by atoms with E-state index in [1.165, 1.54) is 12.0 Å². The molecule has 1 aromatic rings. The summed E-state index contributed by atoms with van der Waals surface area (Å²) in [7, 11) is 1.51. The lowest BCUT2D eigenvalue weighted by molar-refractivity contribution is -0.126. The molecule has 2 aliphatic rings. The second-order valence-corrected chi connectivity index (χ2v) is 6.61. The Morgan fingerprint density at radius 1 is 1.24 bits per heavy atom. The van der Waals surface area contributed by atoms with E-state index in [4.69, 9.17) is 9.47 Å². The van der Waals surface area contributed by atoms with Gasteiger partial charge in [0, 0.05) is 11.6 Å². The lowest BCUT2D eigenvalue weighted by Crippen LogP contribution is -2.45. The standard InChI is InChI=1S/C18H22N2O5/c1-10(2)25-14-7-4-11(8-15(14)24-3)18(23)20(12-5-6-12)13-9-16(21)19-17(13)22/h4,7-8,10,12-13H,5-6,9H2,1-3H3,(H,19,21,22)/t13-/m1/s1. The maximum atomic E-state index is 13.0. The Bertz CT molecular complexity index is 711. The summed E-state index contributed by atoms with van der Waals surface area (Å²) in [6.07, 6.45) is 1.68. The molecule has 1 heterocycles. The first-order valence-corrected chi connectivity index (χ1v) is 8.41. The Morgan fingerprint density at radius 3 is 2.48 bits per heavy atom. The van der Waals surface area contributed by atoms with E-state index in [0.717, 1.165) is 12.8 Å². The van der Waals surface area contributed by atoms with E-state index in [2.05, 4.69) is 5.32 Å². The molecule has 1 saturated heterocycles. The van der Waals surface area contributed by atoms with Crippen molar-refractivity contribution >= 4 is 17.7 Å². The molecule has 1 aliphatic heterocycles. The van der Waals surface area contributed by atoms with Crippen LogP contribution >= 0.6 is 0 Å². The zero-order valence-electron chi connectivity index (χ0n) is 14.6. The first-order valence-electron chi connectivity index (χ1n) is 8.41. The highest BCUT2D eigenvalue weighted by molar-refractivity contribution is 6.08. The molecule has 3 rings (SSSR count). The molecular weight excluding hydrogens is 324 g/mol. The number of benzene rings is 1. The smallest absolute Gasteiger partial charge is 0.254 e. The van der Waals surface area contributed by atoms with Crippen molar-refractivity contribution in [3.63, 3.8) is 0 Å². The van der Waals surface area contributed by atoms with Gasteiger partial charge >= 0.3 is 0 Å². The number of methoxy groups -OCH3 is 1. The van der Waals surface area contributed by atoms with Gasteiger partial charge in [-0.05, 0) is 44.9 Å². The minimum Gasteiger partial charge on any atom is -0.493 e. The number of rotatable bonds is 6. The second-order valence-electron chi connectivity index (χ2n) is 6.61. The molecule has 0 aromatic heterocycles. The molecule has 2 fully saturated rings. The highest BCUT2D eigenvalue weighted by Crippen LogP contribution is 2.34. The van der Waals surface area contributed by atoms with Crippen molar-refractivity contribution < 1.29 is 23.9 Å². The Balaban J connectivity index is 1.87. The van der Waals surface area contributed by atoms with Crippen LogP contribution in [-0.2, 0) is 9.59 Å². The predicted octanol–water partition coefficient (Wildman–Crippen LogP) is 1.50. The molecule has 3 amide bonds. The molecule has 1 saturated carbocycles. The number of hydrogen-bond acceptors (Lipinski definition) is 5. The van der Waals surface area contributed by atoms with Gasteiger partial charge in [0.15, 0.2) is 11.5 Å². The quantitative estimate of drug-likeness (QED) is 0.789. The van der Waals surface area contributed by atoms with Gasteiger partial charge in [0.25, 0.3) is 5.91 Å². The van der Waals surface area contributed by atoms with E-state index >= 15 is 0 Å². The van der Waals surface area contributed by atoms with Crippen molar-refractivity contribution in [3.05, 3.63) is 23.8 Å². The monoisotopic (exact) mass is 346 g/mol. The van der Waals surface area contributed by atoms with Crippen molar-refractivity contribution in [2.75, 3.05) is 7.11 Å². The molecule has 0 unspecified atom stereocenters. The first-order chi connectivity index (χ1) is 11.9. The number of ether oxygens (including phenoxy) is 2. The Hall–Kier alpha value is -2.57. The van der Waals surface area contributed by atoms with E-state index in [1.807, 2.05) is 13.8 Å². The van der Waals surface area contributed by atoms with E-state index in [1.54, 1.807) is 18.2 Å². The maximum Gasteiger partial charge on any atom is 0.254 e. The molecule has 1 aromatic carbocycles. The predicted molar refractivity (Wildman–Crippen MR) is 89.5 cm³/mol. The number of nitrogens with one attached hydrogen (secondary N) is 1. The van der Waals surface area contributed by atoms with Crippen LogP contribution in [0.25, 0.3) is 0 Å². The van der Waals surface area contributed by atoms with Crippen LogP contribution in [-0.4, -0.2) is 47.9 Å². The van der Waals surface area contributed by atoms with Gasteiger partial charge in [-0.2, -0.15) is 0 Å². The molecular formula is C18H22N2O5. The lowest BCUT2D eigenvalue weighted by Gasteiger charge is -2.27. The van der Waals surface area contributed by atoms with Crippen LogP contribution in [0.1, 0.15) is 43.5 Å². The summed E-state index contributed by atoms with van der Waals surface area (Å²) in [5.74, 6) is -0.00140. The van der Waals surface area contributed by atoms with Gasteiger partial charge in [-0.25, -0.2) is 0 Å². The number of carbonyl (C=O) groups excluding carboxylic acids is 3. The number of imide groups is 1. The van der Waals surface area contributed by atoms with E-state index in [9.17, 15) is 14.4 Å². The fourth-order valence-electron chi connectivity index (χ4n) is 2.98. The zero-order valence-corrected chi connectivity index (χ0v) is 14.6. The van der Waals surface area contributed by atoms with Gasteiger partial charge in [-0.3, -0.25) is 19.7 Å². The molecule has 0 spiro atoms. The largest absolute Gasteiger partial charge is 0.493 e. The van der Waals surface area contributed by atoms with Gasteiger partial charge in [0.2, 0.25) is 11.8 Å². The third-order valence-electron chi connectivity index (χ3n) is 4.23. The van der Waals surface area contributed by atoms with Crippen LogP contribution in [0.4, 0.5) is 0 Å². The highest BCUT2D eigenvalue weighted by atomic mass is 16.5. The number of amides is 3. The highest BCUT2D eigenvalue weighted by Gasteiger charge is 2.45. The minimum atomic E-state index is -0.731. The van der Waals surface area contributed by atoms with Crippen molar-refractivity contribution in [2.45, 2.75) is 51.3 Å². The molecule has 0 radical (unpaired) electrons. The molecule has 1 atom stereocenters. The van der Waals surface area contributed by atoms with E-state index < -0.39 is 11.9 Å². The van der Waals surface area contributed by atoms with Crippen LogP contribution in [0.15, 0.2) is 18.2 Å². The Labute approximate surface area is 146 Å². The number of hydrogen-bond donors (Lipinski definition) is 1. The normalized spacial score (nSPS) is 19.8. The third kappa shape index (κ3) is 3.60. The zero-order chi connectivity index (χ0) is 18.1. The summed E-state index contributed by atoms with van der Waals surface area (Å²) in [5.41, 5.74) is 0.409. The molecule has 7 nitrogen and oxygen atoms in total. The van der Waals surface area contributed by atoms with Gasteiger partial charge in [-0.1, -0.05) is 0 Å². The van der Waals surface area contributed by atoms with Crippen LogP contribution in [0.5, 0.6) is 11.5 Å². The van der Waals surface area contributed by atoms with Gasteiger partial charge in [0.05, 0.1) is 19.6 Å². The van der Waals surface area contributed by atoms with Crippen LogP contribution < -0.4 is 14.8 Å². The van der Waals surface area contributed by atoms with E-state index in [0.29, 0.717) is 17.1 Å². The Morgan fingerprint density at radius 2 is 1.96 bits per heavy atom. The third-order valence-corrected chi connectivity index (χ3v) is 4.23. The van der Waals surface area contributed by atoms with Crippen LogP contribution in [0, 0.1) is 0 Å². The second kappa shape index (κ2) is 6.74. The number of carbonyl (C=O) groups is 3. The minimum absolute atomic E-state index is 0.00624. The first kappa shape index (κ1) is 17.3. The Kier molecular flexibility index (Phi) is 4.65. The van der Waals surface area contributed by atoms with Gasteiger partial charge in [-0.15, -0.1) is 0 Å². The fourth-order valence-corrected chi connectivity index (χ4v) is 2.98. The lowest BCUT2D eigenvalue weighted by atomic mass is 10.1. The van der Waals surface area contributed by atoms with Crippen LogP contribution in [0.2, 0.25) is 0 Å². The molecule has 1 aliphatic carbocycles. The summed E-state index contributed by atoms with van der Waals surface area (Å²) in [6, 6.07) is 4.24. The van der Waals surface area contributed by atoms with Gasteiger partial charge < -0.3 is 14.4 Å². The maximum absolute atomic E-state index is 13.0. The van der Waals surface area contributed by atoms with E-state index in [-0.39, 0.29) is 30.4 Å². The van der Waals surface area contributed by atoms with Crippen molar-refractivity contribution in [1.29, 1.82) is 0 Å². The average Bonchev–Trinajstić information content (AvgIpc) is 3.33. The summed E-state index contributed by atoms with van der Waals surface area (Å²) < 4.78 is 11.0. The SMILES string of the molecule is COc1cc(C(=O)N(C2CC2)[C@@H]2CC(=O)NC2=O)ccc1OC(C)C. The topological polar surface area (TPSA) is 84.9 Å². The number of nitrogens with zero attached hydrogens (tertiary/aromatic N) is 1. The molecule has 134 valence electrons. The van der Waals surface area contributed by atoms with Crippen LogP contribution in [0.3, 0.4) is 0 Å².